The Labute approximate surface area is 131 Å². The van der Waals surface area contributed by atoms with Crippen LogP contribution in [-0.2, 0) is 5.75 Å². The second kappa shape index (κ2) is 7.93. The van der Waals surface area contributed by atoms with E-state index in [1.165, 1.54) is 16.0 Å². The lowest BCUT2D eigenvalue weighted by Crippen LogP contribution is -1.89. The van der Waals surface area contributed by atoms with E-state index in [0.717, 1.165) is 11.3 Å². The van der Waals surface area contributed by atoms with E-state index in [4.69, 9.17) is 5.11 Å². The largest absolute Gasteiger partial charge is 0.384 e. The predicted molar refractivity (Wildman–Crippen MR) is 90.5 cm³/mol. The van der Waals surface area contributed by atoms with Crippen LogP contribution in [0.5, 0.6) is 0 Å². The van der Waals surface area contributed by atoms with Crippen molar-refractivity contribution < 1.29 is 5.11 Å². The number of hydrogen-bond donors (Lipinski definition) is 1. The van der Waals surface area contributed by atoms with Crippen LogP contribution in [0.3, 0.4) is 0 Å². The first-order valence-corrected chi connectivity index (χ1v) is 8.09. The van der Waals surface area contributed by atoms with Crippen LogP contribution < -0.4 is 0 Å². The average Bonchev–Trinajstić information content (AvgIpc) is 2.52. The van der Waals surface area contributed by atoms with Crippen molar-refractivity contribution >= 4 is 11.8 Å². The van der Waals surface area contributed by atoms with Crippen molar-refractivity contribution in [1.82, 2.24) is 0 Å². The number of aliphatic hydroxyl groups excluding tert-OH is 1. The molecular formula is C19H20OS. The van der Waals surface area contributed by atoms with E-state index in [0.29, 0.717) is 5.92 Å². The van der Waals surface area contributed by atoms with Crippen LogP contribution in [0.1, 0.15) is 36.5 Å². The molecule has 2 aromatic carbocycles. The van der Waals surface area contributed by atoms with Crippen molar-refractivity contribution in [3.8, 4) is 11.8 Å². The quantitative estimate of drug-likeness (QED) is 0.664. The highest BCUT2D eigenvalue weighted by atomic mass is 32.2. The fourth-order valence-corrected chi connectivity index (χ4v) is 2.92. The Morgan fingerprint density at radius 1 is 1.05 bits per heavy atom. The molecule has 0 aliphatic heterocycles. The number of thioether (sulfide) groups is 1. The van der Waals surface area contributed by atoms with Crippen molar-refractivity contribution in [1.29, 1.82) is 0 Å². The normalized spacial score (nSPS) is 10.3. The molecule has 0 atom stereocenters. The molecule has 0 aliphatic carbocycles. The Bertz CT molecular complexity index is 633. The molecule has 0 fully saturated rings. The monoisotopic (exact) mass is 296 g/mol. The van der Waals surface area contributed by atoms with E-state index in [1.807, 2.05) is 30.0 Å². The highest BCUT2D eigenvalue weighted by Gasteiger charge is 2.02. The summed E-state index contributed by atoms with van der Waals surface area (Å²) in [5.74, 6) is 7.18. The van der Waals surface area contributed by atoms with Gasteiger partial charge in [0.25, 0.3) is 0 Å². The summed E-state index contributed by atoms with van der Waals surface area (Å²) in [6.07, 6.45) is 0. The maximum absolute atomic E-state index is 8.82. The Balaban J connectivity index is 2.06. The van der Waals surface area contributed by atoms with Gasteiger partial charge in [0.1, 0.15) is 6.61 Å². The first-order valence-electron chi connectivity index (χ1n) is 7.11. The van der Waals surface area contributed by atoms with Crippen molar-refractivity contribution in [2.45, 2.75) is 30.4 Å². The van der Waals surface area contributed by atoms with Gasteiger partial charge in [0.05, 0.1) is 0 Å². The summed E-state index contributed by atoms with van der Waals surface area (Å²) in [7, 11) is 0. The molecule has 2 heteroatoms. The third kappa shape index (κ3) is 4.67. The SMILES string of the molecule is CC(C)c1ccc(SCc2ccccc2C#CCO)cc1. The Morgan fingerprint density at radius 3 is 2.43 bits per heavy atom. The molecule has 1 nitrogen and oxygen atoms in total. The number of rotatable bonds is 4. The lowest BCUT2D eigenvalue weighted by Gasteiger charge is -2.08. The van der Waals surface area contributed by atoms with Gasteiger partial charge in [-0.05, 0) is 35.2 Å². The summed E-state index contributed by atoms with van der Waals surface area (Å²) in [6, 6.07) is 16.9. The van der Waals surface area contributed by atoms with E-state index in [9.17, 15) is 0 Å². The zero-order chi connectivity index (χ0) is 15.1. The minimum absolute atomic E-state index is 0.0991. The summed E-state index contributed by atoms with van der Waals surface area (Å²) in [5.41, 5.74) is 3.57. The van der Waals surface area contributed by atoms with Gasteiger partial charge in [-0.25, -0.2) is 0 Å². The van der Waals surface area contributed by atoms with Gasteiger partial charge in [-0.3, -0.25) is 0 Å². The van der Waals surface area contributed by atoms with Crippen LogP contribution in [0.15, 0.2) is 53.4 Å². The Kier molecular flexibility index (Phi) is 5.92. The topological polar surface area (TPSA) is 20.2 Å². The minimum atomic E-state index is -0.0991. The van der Waals surface area contributed by atoms with Gasteiger partial charge in [-0.1, -0.05) is 56.0 Å². The van der Waals surface area contributed by atoms with Gasteiger partial charge in [0.15, 0.2) is 0 Å². The van der Waals surface area contributed by atoms with Gasteiger partial charge in [-0.15, -0.1) is 11.8 Å². The lowest BCUT2D eigenvalue weighted by molar-refractivity contribution is 0.350. The molecule has 0 saturated carbocycles. The van der Waals surface area contributed by atoms with Gasteiger partial charge in [0.2, 0.25) is 0 Å². The highest BCUT2D eigenvalue weighted by molar-refractivity contribution is 7.98. The molecule has 0 aliphatic rings. The van der Waals surface area contributed by atoms with Crippen molar-refractivity contribution in [3.63, 3.8) is 0 Å². The fourth-order valence-electron chi connectivity index (χ4n) is 2.01. The number of aliphatic hydroxyl groups is 1. The molecule has 0 unspecified atom stereocenters. The molecule has 2 aromatic rings. The lowest BCUT2D eigenvalue weighted by atomic mass is 10.0. The molecule has 21 heavy (non-hydrogen) atoms. The first-order chi connectivity index (χ1) is 10.2. The summed E-state index contributed by atoms with van der Waals surface area (Å²) in [5, 5.41) is 8.82. The molecule has 0 aromatic heterocycles. The smallest absolute Gasteiger partial charge is 0.104 e. The predicted octanol–water partition coefficient (Wildman–Crippen LogP) is 4.45. The van der Waals surface area contributed by atoms with Gasteiger partial charge in [-0.2, -0.15) is 0 Å². The van der Waals surface area contributed by atoms with Crippen molar-refractivity contribution in [2.24, 2.45) is 0 Å². The zero-order valence-corrected chi connectivity index (χ0v) is 13.3. The van der Waals surface area contributed by atoms with E-state index >= 15 is 0 Å². The van der Waals surface area contributed by atoms with Gasteiger partial charge in [0, 0.05) is 16.2 Å². The molecule has 0 saturated heterocycles. The van der Waals surface area contributed by atoms with Crippen LogP contribution in [-0.4, -0.2) is 11.7 Å². The van der Waals surface area contributed by atoms with Crippen molar-refractivity contribution in [2.75, 3.05) is 6.61 Å². The summed E-state index contributed by atoms with van der Waals surface area (Å²) < 4.78 is 0. The second-order valence-corrected chi connectivity index (χ2v) is 6.18. The standard InChI is InChI=1S/C19H20OS/c1-15(2)16-9-11-19(12-10-16)21-14-18-7-4-3-6-17(18)8-5-13-20/h3-4,6-7,9-12,15,20H,13-14H2,1-2H3. The maximum atomic E-state index is 8.82. The molecule has 0 radical (unpaired) electrons. The van der Waals surface area contributed by atoms with Crippen LogP contribution in [0, 0.1) is 11.8 Å². The fraction of sp³-hybridized carbons (Fsp3) is 0.263. The minimum Gasteiger partial charge on any atom is -0.384 e. The van der Waals surface area contributed by atoms with E-state index in [1.54, 1.807) is 0 Å². The Morgan fingerprint density at radius 2 is 1.76 bits per heavy atom. The van der Waals surface area contributed by atoms with Gasteiger partial charge < -0.3 is 5.11 Å². The number of hydrogen-bond acceptors (Lipinski definition) is 2. The molecule has 2 rings (SSSR count). The molecule has 1 N–H and O–H groups in total. The van der Waals surface area contributed by atoms with Gasteiger partial charge >= 0.3 is 0 Å². The molecule has 0 spiro atoms. The summed E-state index contributed by atoms with van der Waals surface area (Å²) >= 11 is 1.81. The molecular weight excluding hydrogens is 276 g/mol. The van der Waals surface area contributed by atoms with Crippen LogP contribution >= 0.6 is 11.8 Å². The summed E-state index contributed by atoms with van der Waals surface area (Å²) in [4.78, 5) is 1.27. The second-order valence-electron chi connectivity index (χ2n) is 5.13. The molecule has 0 bridgehead atoms. The first kappa shape index (κ1) is 15.7. The van der Waals surface area contributed by atoms with Crippen LogP contribution in [0.25, 0.3) is 0 Å². The molecule has 0 amide bonds. The highest BCUT2D eigenvalue weighted by Crippen LogP contribution is 2.26. The zero-order valence-electron chi connectivity index (χ0n) is 12.5. The van der Waals surface area contributed by atoms with E-state index in [-0.39, 0.29) is 6.61 Å². The number of benzene rings is 2. The van der Waals surface area contributed by atoms with E-state index in [2.05, 4.69) is 56.0 Å². The van der Waals surface area contributed by atoms with Crippen LogP contribution in [0.4, 0.5) is 0 Å². The molecule has 108 valence electrons. The third-order valence-electron chi connectivity index (χ3n) is 3.26. The average molecular weight is 296 g/mol. The van der Waals surface area contributed by atoms with Crippen molar-refractivity contribution in [3.05, 3.63) is 65.2 Å². The van der Waals surface area contributed by atoms with Crippen LogP contribution in [0.2, 0.25) is 0 Å². The maximum Gasteiger partial charge on any atom is 0.104 e. The molecule has 0 heterocycles. The Hall–Kier alpha value is -1.69. The summed E-state index contributed by atoms with van der Waals surface area (Å²) in [6.45, 7) is 4.31. The third-order valence-corrected chi connectivity index (χ3v) is 4.32. The van der Waals surface area contributed by atoms with E-state index < -0.39 is 0 Å².